The number of aliphatic hydroxyl groups is 1. The van der Waals surface area contributed by atoms with Gasteiger partial charge in [0.1, 0.15) is 0 Å². The summed E-state index contributed by atoms with van der Waals surface area (Å²) in [6, 6.07) is 3.87. The van der Waals surface area contributed by atoms with Gasteiger partial charge in [-0.1, -0.05) is 18.5 Å². The molecule has 16 heavy (non-hydrogen) atoms. The Balaban J connectivity index is 2.33. The third-order valence-corrected chi connectivity index (χ3v) is 3.68. The maximum absolute atomic E-state index is 10.2. The van der Waals surface area contributed by atoms with E-state index < -0.39 is 5.60 Å². The Bertz CT molecular complexity index is 312. The normalized spacial score (nSPS) is 15.0. The van der Waals surface area contributed by atoms with Crippen LogP contribution < -0.4 is 5.32 Å². The minimum absolute atomic E-state index is 0.644. The fourth-order valence-electron chi connectivity index (χ4n) is 1.57. The Morgan fingerprint density at radius 3 is 2.75 bits per heavy atom. The van der Waals surface area contributed by atoms with Crippen molar-refractivity contribution < 1.29 is 5.11 Å². The van der Waals surface area contributed by atoms with Crippen LogP contribution in [0.25, 0.3) is 0 Å². The summed E-state index contributed by atoms with van der Waals surface area (Å²) in [5.41, 5.74) is -0.644. The second kappa shape index (κ2) is 6.60. The lowest BCUT2D eigenvalue weighted by molar-refractivity contribution is 0.0524. The third-order valence-electron chi connectivity index (χ3n) is 2.45. The van der Waals surface area contributed by atoms with Crippen LogP contribution in [-0.4, -0.2) is 23.8 Å². The maximum Gasteiger partial charge on any atom is 0.0931 e. The Hall–Kier alpha value is -0.0900. The SMILES string of the molecule is CCCNCCC(C)(O)Cc1ccc(Cl)s1. The summed E-state index contributed by atoms with van der Waals surface area (Å²) >= 11 is 7.40. The van der Waals surface area contributed by atoms with Gasteiger partial charge in [0.2, 0.25) is 0 Å². The molecular formula is C12H20ClNOS. The van der Waals surface area contributed by atoms with Gasteiger partial charge in [-0.05, 0) is 45.0 Å². The van der Waals surface area contributed by atoms with E-state index in [9.17, 15) is 5.11 Å². The highest BCUT2D eigenvalue weighted by atomic mass is 35.5. The standard InChI is InChI=1S/C12H20ClNOS/c1-3-7-14-8-6-12(2,15)9-10-4-5-11(13)16-10/h4-5,14-15H,3,6-9H2,1-2H3. The fourth-order valence-corrected chi connectivity index (χ4v) is 2.84. The van der Waals surface area contributed by atoms with E-state index in [1.165, 1.54) is 0 Å². The van der Waals surface area contributed by atoms with Crippen molar-refractivity contribution in [3.05, 3.63) is 21.3 Å². The number of hydrogen-bond donors (Lipinski definition) is 2. The Morgan fingerprint density at radius 2 is 2.19 bits per heavy atom. The summed E-state index contributed by atoms with van der Waals surface area (Å²) in [5, 5.41) is 13.5. The molecule has 1 heterocycles. The van der Waals surface area contributed by atoms with Crippen molar-refractivity contribution in [2.45, 2.75) is 38.7 Å². The van der Waals surface area contributed by atoms with Crippen LogP contribution in [0.15, 0.2) is 12.1 Å². The van der Waals surface area contributed by atoms with E-state index in [1.54, 1.807) is 11.3 Å². The average Bonchev–Trinajstić information content (AvgIpc) is 2.58. The molecule has 0 aliphatic rings. The quantitative estimate of drug-likeness (QED) is 0.740. The zero-order chi connectivity index (χ0) is 12.0. The molecule has 1 rings (SSSR count). The minimum atomic E-state index is -0.644. The van der Waals surface area contributed by atoms with Crippen molar-refractivity contribution in [2.75, 3.05) is 13.1 Å². The number of rotatable bonds is 7. The highest BCUT2D eigenvalue weighted by Gasteiger charge is 2.21. The van der Waals surface area contributed by atoms with Crippen LogP contribution in [0.4, 0.5) is 0 Å². The van der Waals surface area contributed by atoms with Crippen molar-refractivity contribution >= 4 is 22.9 Å². The van der Waals surface area contributed by atoms with Gasteiger partial charge >= 0.3 is 0 Å². The molecule has 0 aliphatic heterocycles. The smallest absolute Gasteiger partial charge is 0.0931 e. The average molecular weight is 262 g/mol. The van der Waals surface area contributed by atoms with Crippen molar-refractivity contribution in [2.24, 2.45) is 0 Å². The summed E-state index contributed by atoms with van der Waals surface area (Å²) in [5.74, 6) is 0. The molecule has 2 N–H and O–H groups in total. The van der Waals surface area contributed by atoms with Gasteiger partial charge in [0.05, 0.1) is 9.94 Å². The maximum atomic E-state index is 10.2. The summed E-state index contributed by atoms with van der Waals surface area (Å²) in [4.78, 5) is 1.14. The van der Waals surface area contributed by atoms with E-state index >= 15 is 0 Å². The molecule has 0 spiro atoms. The van der Waals surface area contributed by atoms with E-state index in [0.717, 1.165) is 35.1 Å². The van der Waals surface area contributed by atoms with Crippen molar-refractivity contribution in [3.8, 4) is 0 Å². The number of hydrogen-bond acceptors (Lipinski definition) is 3. The topological polar surface area (TPSA) is 32.3 Å². The van der Waals surface area contributed by atoms with E-state index in [0.29, 0.717) is 6.42 Å². The number of thiophene rings is 1. The Labute approximate surface area is 107 Å². The predicted octanol–water partition coefficient (Wildman–Crippen LogP) is 3.08. The molecule has 0 radical (unpaired) electrons. The predicted molar refractivity (Wildman–Crippen MR) is 71.4 cm³/mol. The Kier molecular flexibility index (Phi) is 5.76. The molecular weight excluding hydrogens is 242 g/mol. The van der Waals surface area contributed by atoms with Gasteiger partial charge in [0, 0.05) is 11.3 Å². The highest BCUT2D eigenvalue weighted by molar-refractivity contribution is 7.16. The van der Waals surface area contributed by atoms with E-state index in [-0.39, 0.29) is 0 Å². The molecule has 0 bridgehead atoms. The third kappa shape index (κ3) is 5.30. The van der Waals surface area contributed by atoms with Gasteiger partial charge in [-0.2, -0.15) is 0 Å². The lowest BCUT2D eigenvalue weighted by Crippen LogP contribution is -2.32. The molecule has 0 aliphatic carbocycles. The molecule has 0 fully saturated rings. The van der Waals surface area contributed by atoms with Crippen molar-refractivity contribution in [1.82, 2.24) is 5.32 Å². The monoisotopic (exact) mass is 261 g/mol. The second-order valence-corrected chi connectivity index (χ2v) is 6.18. The van der Waals surface area contributed by atoms with Gasteiger partial charge < -0.3 is 10.4 Å². The van der Waals surface area contributed by atoms with Gasteiger partial charge in [-0.15, -0.1) is 11.3 Å². The first-order valence-corrected chi connectivity index (χ1v) is 6.90. The first kappa shape index (κ1) is 14.0. The minimum Gasteiger partial charge on any atom is -0.390 e. The summed E-state index contributed by atoms with van der Waals surface area (Å²) in [7, 11) is 0. The van der Waals surface area contributed by atoms with Crippen LogP contribution in [0.5, 0.6) is 0 Å². The molecule has 1 aromatic rings. The first-order valence-electron chi connectivity index (χ1n) is 5.71. The van der Waals surface area contributed by atoms with Crippen molar-refractivity contribution in [1.29, 1.82) is 0 Å². The lowest BCUT2D eigenvalue weighted by Gasteiger charge is -2.22. The molecule has 1 unspecified atom stereocenters. The largest absolute Gasteiger partial charge is 0.390 e. The van der Waals surface area contributed by atoms with Crippen LogP contribution in [0.2, 0.25) is 4.34 Å². The summed E-state index contributed by atoms with van der Waals surface area (Å²) < 4.78 is 0.787. The van der Waals surface area contributed by atoms with E-state index in [1.807, 2.05) is 19.1 Å². The molecule has 0 aromatic carbocycles. The van der Waals surface area contributed by atoms with Crippen LogP contribution in [0.1, 0.15) is 31.6 Å². The lowest BCUT2D eigenvalue weighted by atomic mass is 9.97. The molecule has 0 saturated heterocycles. The summed E-state index contributed by atoms with van der Waals surface area (Å²) in [6.45, 7) is 5.90. The van der Waals surface area contributed by atoms with Crippen LogP contribution in [-0.2, 0) is 6.42 Å². The van der Waals surface area contributed by atoms with Gasteiger partial charge in [-0.25, -0.2) is 0 Å². The zero-order valence-electron chi connectivity index (χ0n) is 9.92. The highest BCUT2D eigenvalue weighted by Crippen LogP contribution is 2.26. The van der Waals surface area contributed by atoms with Gasteiger partial charge in [-0.3, -0.25) is 0 Å². The molecule has 1 aromatic heterocycles. The second-order valence-electron chi connectivity index (χ2n) is 4.38. The zero-order valence-corrected chi connectivity index (χ0v) is 11.5. The van der Waals surface area contributed by atoms with Gasteiger partial charge in [0.15, 0.2) is 0 Å². The fraction of sp³-hybridized carbons (Fsp3) is 0.667. The van der Waals surface area contributed by atoms with E-state index in [4.69, 9.17) is 11.6 Å². The van der Waals surface area contributed by atoms with Gasteiger partial charge in [0.25, 0.3) is 0 Å². The molecule has 2 nitrogen and oxygen atoms in total. The summed E-state index contributed by atoms with van der Waals surface area (Å²) in [6.07, 6.45) is 2.57. The molecule has 92 valence electrons. The molecule has 4 heteroatoms. The van der Waals surface area contributed by atoms with Crippen molar-refractivity contribution in [3.63, 3.8) is 0 Å². The molecule has 0 saturated carbocycles. The van der Waals surface area contributed by atoms with Crippen LogP contribution in [0.3, 0.4) is 0 Å². The number of nitrogens with one attached hydrogen (secondary N) is 1. The van der Waals surface area contributed by atoms with Crippen LogP contribution >= 0.6 is 22.9 Å². The first-order chi connectivity index (χ1) is 7.53. The van der Waals surface area contributed by atoms with Crippen LogP contribution in [0, 0.1) is 0 Å². The Morgan fingerprint density at radius 1 is 1.44 bits per heavy atom. The molecule has 1 atom stereocenters. The number of halogens is 1. The molecule has 0 amide bonds. The van der Waals surface area contributed by atoms with E-state index in [2.05, 4.69) is 12.2 Å².